The van der Waals surface area contributed by atoms with Crippen molar-refractivity contribution in [3.63, 3.8) is 0 Å². The molecule has 18 heavy (non-hydrogen) atoms. The van der Waals surface area contributed by atoms with Gasteiger partial charge in [0.15, 0.2) is 0 Å². The number of nitrogens with one attached hydrogen (secondary N) is 1. The van der Waals surface area contributed by atoms with Gasteiger partial charge in [0.25, 0.3) is 0 Å². The van der Waals surface area contributed by atoms with E-state index in [-0.39, 0.29) is 0 Å². The van der Waals surface area contributed by atoms with Crippen molar-refractivity contribution in [2.24, 2.45) is 0 Å². The summed E-state index contributed by atoms with van der Waals surface area (Å²) in [6.45, 7) is 5.94. The van der Waals surface area contributed by atoms with Crippen LogP contribution in [0.1, 0.15) is 17.1 Å². The fourth-order valence-corrected chi connectivity index (χ4v) is 2.13. The average molecular weight is 246 g/mol. The normalized spacial score (nSPS) is 10.5. The summed E-state index contributed by atoms with van der Waals surface area (Å²) in [5, 5.41) is 0. The number of H-pyrrole nitrogens is 1. The van der Waals surface area contributed by atoms with Crippen LogP contribution in [0.2, 0.25) is 0 Å². The van der Waals surface area contributed by atoms with Crippen LogP contribution in [0.25, 0.3) is 11.3 Å². The minimum Gasteiger partial charge on any atom is -0.496 e. The van der Waals surface area contributed by atoms with Crippen LogP contribution >= 0.6 is 0 Å². The molecular formula is C14H18N2O2. The minimum absolute atomic E-state index is 0.779. The Morgan fingerprint density at radius 3 is 1.94 bits per heavy atom. The van der Waals surface area contributed by atoms with Gasteiger partial charge in [-0.1, -0.05) is 0 Å². The quantitative estimate of drug-likeness (QED) is 0.905. The summed E-state index contributed by atoms with van der Waals surface area (Å²) in [4.78, 5) is 7.71. The lowest BCUT2D eigenvalue weighted by atomic mass is 10.1. The Bertz CT molecular complexity index is 548. The second-order valence-electron chi connectivity index (χ2n) is 4.34. The van der Waals surface area contributed by atoms with E-state index in [4.69, 9.17) is 9.47 Å². The fourth-order valence-electron chi connectivity index (χ4n) is 2.13. The number of methoxy groups -OCH3 is 2. The van der Waals surface area contributed by atoms with Gasteiger partial charge in [-0.15, -0.1) is 0 Å². The van der Waals surface area contributed by atoms with Crippen LogP contribution in [0.4, 0.5) is 0 Å². The number of aromatic amines is 1. The van der Waals surface area contributed by atoms with Crippen LogP contribution in [0, 0.1) is 20.8 Å². The van der Waals surface area contributed by atoms with Crippen LogP contribution in [-0.2, 0) is 0 Å². The van der Waals surface area contributed by atoms with E-state index >= 15 is 0 Å². The van der Waals surface area contributed by atoms with Crippen molar-refractivity contribution in [1.29, 1.82) is 0 Å². The maximum absolute atomic E-state index is 5.45. The highest BCUT2D eigenvalue weighted by molar-refractivity contribution is 5.76. The van der Waals surface area contributed by atoms with Gasteiger partial charge in [0, 0.05) is 5.69 Å². The van der Waals surface area contributed by atoms with Crippen molar-refractivity contribution in [2.45, 2.75) is 20.8 Å². The van der Waals surface area contributed by atoms with E-state index in [1.54, 1.807) is 14.2 Å². The number of benzene rings is 1. The number of hydrogen-bond donors (Lipinski definition) is 1. The first-order valence-electron chi connectivity index (χ1n) is 5.83. The Kier molecular flexibility index (Phi) is 3.28. The molecule has 0 spiro atoms. The molecule has 1 aromatic carbocycles. The molecule has 0 radical (unpaired) electrons. The van der Waals surface area contributed by atoms with Gasteiger partial charge in [0.1, 0.15) is 17.3 Å². The molecule has 1 aromatic heterocycles. The van der Waals surface area contributed by atoms with Crippen molar-refractivity contribution in [2.75, 3.05) is 14.2 Å². The van der Waals surface area contributed by atoms with Crippen LogP contribution < -0.4 is 9.47 Å². The highest BCUT2D eigenvalue weighted by Gasteiger charge is 2.18. The molecule has 0 aliphatic heterocycles. The van der Waals surface area contributed by atoms with Crippen LogP contribution in [0.3, 0.4) is 0 Å². The summed E-state index contributed by atoms with van der Waals surface area (Å²) in [6, 6.07) is 3.97. The summed E-state index contributed by atoms with van der Waals surface area (Å²) >= 11 is 0. The van der Waals surface area contributed by atoms with Crippen LogP contribution in [0.15, 0.2) is 12.1 Å². The Morgan fingerprint density at radius 1 is 1.00 bits per heavy atom. The van der Waals surface area contributed by atoms with E-state index in [0.717, 1.165) is 39.8 Å². The predicted octanol–water partition coefficient (Wildman–Crippen LogP) is 3.02. The van der Waals surface area contributed by atoms with E-state index in [2.05, 4.69) is 9.97 Å². The zero-order valence-corrected chi connectivity index (χ0v) is 11.4. The van der Waals surface area contributed by atoms with Gasteiger partial charge in [-0.05, 0) is 38.5 Å². The molecule has 0 atom stereocenters. The first-order valence-corrected chi connectivity index (χ1v) is 5.83. The summed E-state index contributed by atoms with van der Waals surface area (Å²) in [7, 11) is 3.32. The number of ether oxygens (including phenoxy) is 2. The molecule has 0 unspecified atom stereocenters. The second kappa shape index (κ2) is 4.72. The molecule has 4 nitrogen and oxygen atoms in total. The lowest BCUT2D eigenvalue weighted by Crippen LogP contribution is -1.95. The van der Waals surface area contributed by atoms with Crippen LogP contribution in [-0.4, -0.2) is 24.2 Å². The summed E-state index contributed by atoms with van der Waals surface area (Å²) < 4.78 is 10.9. The molecule has 4 heteroatoms. The standard InChI is InChI=1S/C14H18N2O2/c1-8-6-11(17-4)13(12(7-8)18-5)14-9(2)15-10(3)16-14/h6-7H,1-5H3,(H,15,16). The molecule has 2 rings (SSSR count). The van der Waals surface area contributed by atoms with Crippen molar-refractivity contribution < 1.29 is 9.47 Å². The lowest BCUT2D eigenvalue weighted by Gasteiger charge is -2.13. The van der Waals surface area contributed by atoms with Gasteiger partial charge in [-0.2, -0.15) is 0 Å². The molecule has 0 aliphatic carbocycles. The average Bonchev–Trinajstić information content (AvgIpc) is 2.66. The molecule has 0 bridgehead atoms. The topological polar surface area (TPSA) is 47.1 Å². The lowest BCUT2D eigenvalue weighted by molar-refractivity contribution is 0.396. The summed E-state index contributed by atoms with van der Waals surface area (Å²) in [5.41, 5.74) is 3.87. The molecule has 1 heterocycles. The zero-order chi connectivity index (χ0) is 13.3. The SMILES string of the molecule is COc1cc(C)cc(OC)c1-c1nc(C)[nH]c1C. The monoisotopic (exact) mass is 246 g/mol. The van der Waals surface area contributed by atoms with Gasteiger partial charge in [0.2, 0.25) is 0 Å². The Hall–Kier alpha value is -1.97. The van der Waals surface area contributed by atoms with E-state index in [0.29, 0.717) is 0 Å². The maximum atomic E-state index is 5.45. The Morgan fingerprint density at radius 2 is 1.56 bits per heavy atom. The van der Waals surface area contributed by atoms with Crippen molar-refractivity contribution >= 4 is 0 Å². The van der Waals surface area contributed by atoms with E-state index in [1.165, 1.54) is 0 Å². The van der Waals surface area contributed by atoms with Gasteiger partial charge in [0.05, 0.1) is 25.5 Å². The first kappa shape index (κ1) is 12.5. The summed E-state index contributed by atoms with van der Waals surface area (Å²) in [6.07, 6.45) is 0. The smallest absolute Gasteiger partial charge is 0.132 e. The Labute approximate surface area is 107 Å². The largest absolute Gasteiger partial charge is 0.496 e. The van der Waals surface area contributed by atoms with E-state index in [1.807, 2.05) is 32.9 Å². The third-order valence-electron chi connectivity index (χ3n) is 2.89. The third-order valence-corrected chi connectivity index (χ3v) is 2.89. The molecular weight excluding hydrogens is 228 g/mol. The van der Waals surface area contributed by atoms with Crippen molar-refractivity contribution in [3.05, 3.63) is 29.2 Å². The zero-order valence-electron chi connectivity index (χ0n) is 11.4. The molecule has 1 N–H and O–H groups in total. The number of aryl methyl sites for hydroxylation is 3. The maximum Gasteiger partial charge on any atom is 0.132 e. The molecule has 96 valence electrons. The second-order valence-corrected chi connectivity index (χ2v) is 4.34. The van der Waals surface area contributed by atoms with E-state index in [9.17, 15) is 0 Å². The van der Waals surface area contributed by atoms with Gasteiger partial charge in [-0.25, -0.2) is 4.98 Å². The van der Waals surface area contributed by atoms with Crippen LogP contribution in [0.5, 0.6) is 11.5 Å². The first-order chi connectivity index (χ1) is 8.56. The molecule has 0 saturated carbocycles. The predicted molar refractivity (Wildman–Crippen MR) is 71.3 cm³/mol. The molecule has 0 amide bonds. The number of imidazole rings is 1. The van der Waals surface area contributed by atoms with Crippen molar-refractivity contribution in [1.82, 2.24) is 9.97 Å². The Balaban J connectivity index is 2.72. The van der Waals surface area contributed by atoms with Crippen molar-refractivity contribution in [3.8, 4) is 22.8 Å². The van der Waals surface area contributed by atoms with Gasteiger partial charge in [-0.3, -0.25) is 0 Å². The molecule has 2 aromatic rings. The number of rotatable bonds is 3. The number of aromatic nitrogens is 2. The van der Waals surface area contributed by atoms with E-state index < -0.39 is 0 Å². The number of hydrogen-bond acceptors (Lipinski definition) is 3. The highest BCUT2D eigenvalue weighted by atomic mass is 16.5. The van der Waals surface area contributed by atoms with Gasteiger partial charge < -0.3 is 14.5 Å². The third kappa shape index (κ3) is 2.06. The minimum atomic E-state index is 0.779. The molecule has 0 fully saturated rings. The molecule has 0 saturated heterocycles. The highest BCUT2D eigenvalue weighted by Crippen LogP contribution is 2.39. The number of nitrogens with zero attached hydrogens (tertiary/aromatic N) is 1. The van der Waals surface area contributed by atoms with Gasteiger partial charge >= 0.3 is 0 Å². The molecule has 0 aliphatic rings. The summed E-state index contributed by atoms with van der Waals surface area (Å²) in [5.74, 6) is 2.44. The fraction of sp³-hybridized carbons (Fsp3) is 0.357.